The van der Waals surface area contributed by atoms with Gasteiger partial charge in [0.05, 0.1) is 18.5 Å². The lowest BCUT2D eigenvalue weighted by Crippen LogP contribution is -2.32. The minimum atomic E-state index is -0.250. The number of carbonyl (C=O) groups is 1. The first kappa shape index (κ1) is 11.3. The van der Waals surface area contributed by atoms with E-state index in [0.717, 1.165) is 19.4 Å². The van der Waals surface area contributed by atoms with Gasteiger partial charge < -0.3 is 10.1 Å². The van der Waals surface area contributed by atoms with Crippen molar-refractivity contribution in [3.63, 3.8) is 0 Å². The van der Waals surface area contributed by atoms with E-state index in [1.807, 2.05) is 0 Å². The molecule has 6 heteroatoms. The van der Waals surface area contributed by atoms with Gasteiger partial charge in [-0.15, -0.1) is 0 Å². The number of nitrogens with one attached hydrogen (secondary N) is 1. The average molecular weight is 242 g/mol. The van der Waals surface area contributed by atoms with Crippen LogP contribution in [-0.4, -0.2) is 35.1 Å². The molecule has 2 heterocycles. The maximum Gasteiger partial charge on any atom is 0.271 e. The molecule has 1 unspecified atom stereocenters. The van der Waals surface area contributed by atoms with E-state index in [4.69, 9.17) is 16.3 Å². The fourth-order valence-corrected chi connectivity index (χ4v) is 1.63. The number of halogens is 1. The van der Waals surface area contributed by atoms with Crippen LogP contribution in [0.3, 0.4) is 0 Å². The van der Waals surface area contributed by atoms with Gasteiger partial charge in [0.15, 0.2) is 0 Å². The average Bonchev–Trinajstić information content (AvgIpc) is 2.80. The molecule has 16 heavy (non-hydrogen) atoms. The summed E-state index contributed by atoms with van der Waals surface area (Å²) < 4.78 is 5.39. The van der Waals surface area contributed by atoms with Crippen molar-refractivity contribution in [1.82, 2.24) is 15.3 Å². The number of aromatic nitrogens is 2. The Balaban J connectivity index is 1.85. The van der Waals surface area contributed by atoms with Crippen LogP contribution in [0.25, 0.3) is 0 Å². The summed E-state index contributed by atoms with van der Waals surface area (Å²) in [5.41, 5.74) is 0.266. The quantitative estimate of drug-likeness (QED) is 0.859. The Labute approximate surface area is 98.2 Å². The minimum Gasteiger partial charge on any atom is -0.376 e. The normalized spacial score (nSPS) is 19.7. The predicted octanol–water partition coefficient (Wildman–Crippen LogP) is 1.04. The van der Waals surface area contributed by atoms with Gasteiger partial charge >= 0.3 is 0 Å². The summed E-state index contributed by atoms with van der Waals surface area (Å²) in [7, 11) is 0. The molecule has 5 nitrogen and oxygen atoms in total. The lowest BCUT2D eigenvalue weighted by molar-refractivity contribution is 0.0853. The van der Waals surface area contributed by atoms with E-state index >= 15 is 0 Å². The molecule has 0 saturated carbocycles. The number of nitrogens with zero attached hydrogens (tertiary/aromatic N) is 2. The van der Waals surface area contributed by atoms with Gasteiger partial charge in [-0.05, 0) is 12.8 Å². The largest absolute Gasteiger partial charge is 0.376 e. The third kappa shape index (κ3) is 2.90. The molecule has 2 rings (SSSR count). The maximum atomic E-state index is 11.6. The van der Waals surface area contributed by atoms with Crippen molar-refractivity contribution in [2.24, 2.45) is 0 Å². The summed E-state index contributed by atoms with van der Waals surface area (Å²) in [6.45, 7) is 1.30. The standard InChI is InChI=1S/C10H12ClN3O2/c11-9-6-12-8(5-13-9)10(15)14-4-7-2-1-3-16-7/h5-7H,1-4H2,(H,14,15). The van der Waals surface area contributed by atoms with Gasteiger partial charge in [0.25, 0.3) is 5.91 Å². The van der Waals surface area contributed by atoms with Crippen molar-refractivity contribution >= 4 is 17.5 Å². The van der Waals surface area contributed by atoms with Gasteiger partial charge in [-0.25, -0.2) is 9.97 Å². The van der Waals surface area contributed by atoms with Crippen LogP contribution < -0.4 is 5.32 Å². The van der Waals surface area contributed by atoms with Crippen LogP contribution in [0.2, 0.25) is 5.15 Å². The van der Waals surface area contributed by atoms with E-state index in [1.54, 1.807) is 0 Å². The number of hydrogen-bond donors (Lipinski definition) is 1. The van der Waals surface area contributed by atoms with E-state index in [9.17, 15) is 4.79 Å². The highest BCUT2D eigenvalue weighted by atomic mass is 35.5. The molecule has 1 aromatic rings. The fourth-order valence-electron chi connectivity index (χ4n) is 1.53. The topological polar surface area (TPSA) is 64.1 Å². The molecule has 0 bridgehead atoms. The summed E-state index contributed by atoms with van der Waals surface area (Å²) in [6.07, 6.45) is 4.88. The number of amides is 1. The van der Waals surface area contributed by atoms with E-state index in [2.05, 4.69) is 15.3 Å². The second kappa shape index (κ2) is 5.23. The van der Waals surface area contributed by atoms with Crippen LogP contribution >= 0.6 is 11.6 Å². The molecule has 0 radical (unpaired) electrons. The second-order valence-corrected chi connectivity index (χ2v) is 3.96. The van der Waals surface area contributed by atoms with Crippen molar-refractivity contribution in [3.05, 3.63) is 23.2 Å². The molecule has 86 valence electrons. The van der Waals surface area contributed by atoms with Crippen molar-refractivity contribution in [3.8, 4) is 0 Å². The van der Waals surface area contributed by atoms with Crippen LogP contribution in [-0.2, 0) is 4.74 Å². The molecule has 1 N–H and O–H groups in total. The van der Waals surface area contributed by atoms with Gasteiger partial charge in [0.2, 0.25) is 0 Å². The summed E-state index contributed by atoms with van der Waals surface area (Å²) in [4.78, 5) is 19.3. The van der Waals surface area contributed by atoms with Crippen molar-refractivity contribution < 1.29 is 9.53 Å². The van der Waals surface area contributed by atoms with Crippen LogP contribution in [0.4, 0.5) is 0 Å². The van der Waals surface area contributed by atoms with Crippen LogP contribution in [0.1, 0.15) is 23.3 Å². The lowest BCUT2D eigenvalue weighted by Gasteiger charge is -2.09. The molecule has 0 spiro atoms. The van der Waals surface area contributed by atoms with Crippen LogP contribution in [0.15, 0.2) is 12.4 Å². The number of rotatable bonds is 3. The van der Waals surface area contributed by atoms with Gasteiger partial charge in [-0.3, -0.25) is 4.79 Å². The number of carbonyl (C=O) groups excluding carboxylic acids is 1. The molecule has 1 aliphatic rings. The Hall–Kier alpha value is -1.20. The minimum absolute atomic E-state index is 0.129. The zero-order valence-electron chi connectivity index (χ0n) is 8.65. The highest BCUT2D eigenvalue weighted by molar-refractivity contribution is 6.29. The Morgan fingerprint density at radius 3 is 3.06 bits per heavy atom. The van der Waals surface area contributed by atoms with E-state index in [1.165, 1.54) is 12.4 Å². The molecule has 1 fully saturated rings. The first-order valence-corrected chi connectivity index (χ1v) is 5.51. The Morgan fingerprint density at radius 2 is 2.44 bits per heavy atom. The maximum absolute atomic E-state index is 11.6. The summed E-state index contributed by atoms with van der Waals surface area (Å²) >= 11 is 5.57. The molecule has 1 amide bonds. The molecule has 1 saturated heterocycles. The summed E-state index contributed by atoms with van der Waals surface area (Å²) in [5.74, 6) is -0.250. The van der Waals surface area contributed by atoms with Gasteiger partial charge in [0.1, 0.15) is 10.8 Å². The summed E-state index contributed by atoms with van der Waals surface area (Å²) in [6, 6.07) is 0. The molecular formula is C10H12ClN3O2. The lowest BCUT2D eigenvalue weighted by atomic mass is 10.2. The molecular weight excluding hydrogens is 230 g/mol. The highest BCUT2D eigenvalue weighted by Gasteiger charge is 2.17. The molecule has 0 aliphatic carbocycles. The van der Waals surface area contributed by atoms with Crippen LogP contribution in [0, 0.1) is 0 Å². The van der Waals surface area contributed by atoms with Gasteiger partial charge in [-0.2, -0.15) is 0 Å². The van der Waals surface area contributed by atoms with Crippen molar-refractivity contribution in [2.45, 2.75) is 18.9 Å². The monoisotopic (exact) mass is 241 g/mol. The number of ether oxygens (including phenoxy) is 1. The first-order valence-electron chi connectivity index (χ1n) is 5.13. The molecule has 1 aliphatic heterocycles. The van der Waals surface area contributed by atoms with Crippen LogP contribution in [0.5, 0.6) is 0 Å². The Bertz CT molecular complexity index is 363. The SMILES string of the molecule is O=C(NCC1CCCO1)c1cnc(Cl)cn1. The second-order valence-electron chi connectivity index (χ2n) is 3.57. The van der Waals surface area contributed by atoms with Crippen molar-refractivity contribution in [2.75, 3.05) is 13.2 Å². The van der Waals surface area contributed by atoms with Gasteiger partial charge in [-0.1, -0.05) is 11.6 Å². The van der Waals surface area contributed by atoms with E-state index < -0.39 is 0 Å². The smallest absolute Gasteiger partial charge is 0.271 e. The molecule has 0 aromatic carbocycles. The highest BCUT2D eigenvalue weighted by Crippen LogP contribution is 2.10. The predicted molar refractivity (Wildman–Crippen MR) is 58.3 cm³/mol. The molecule has 1 atom stereocenters. The summed E-state index contributed by atoms with van der Waals surface area (Å²) in [5, 5.41) is 3.02. The van der Waals surface area contributed by atoms with E-state index in [0.29, 0.717) is 6.54 Å². The Kier molecular flexibility index (Phi) is 3.69. The fraction of sp³-hybridized carbons (Fsp3) is 0.500. The van der Waals surface area contributed by atoms with Crippen molar-refractivity contribution in [1.29, 1.82) is 0 Å². The van der Waals surface area contributed by atoms with E-state index in [-0.39, 0.29) is 22.9 Å². The zero-order valence-corrected chi connectivity index (χ0v) is 9.41. The third-order valence-electron chi connectivity index (χ3n) is 2.37. The Morgan fingerprint density at radius 1 is 1.56 bits per heavy atom. The number of hydrogen-bond acceptors (Lipinski definition) is 4. The zero-order chi connectivity index (χ0) is 11.4. The third-order valence-corrected chi connectivity index (χ3v) is 2.56. The molecule has 1 aromatic heterocycles. The first-order chi connectivity index (χ1) is 7.75. The van der Waals surface area contributed by atoms with Gasteiger partial charge in [0, 0.05) is 13.2 Å².